The van der Waals surface area contributed by atoms with Crippen LogP contribution in [0.3, 0.4) is 0 Å². The van der Waals surface area contributed by atoms with Crippen molar-refractivity contribution in [3.63, 3.8) is 0 Å². The van der Waals surface area contributed by atoms with Gasteiger partial charge in [-0.05, 0) is 63.9 Å². The van der Waals surface area contributed by atoms with Crippen LogP contribution >= 0.6 is 0 Å². The van der Waals surface area contributed by atoms with E-state index in [0.717, 1.165) is 28.7 Å². The average molecular weight is 450 g/mol. The number of nitrogens with one attached hydrogen (secondary N) is 1. The van der Waals surface area contributed by atoms with Gasteiger partial charge in [0.15, 0.2) is 11.5 Å². The van der Waals surface area contributed by atoms with Gasteiger partial charge in [-0.1, -0.05) is 25.1 Å². The van der Waals surface area contributed by atoms with Gasteiger partial charge in [-0.3, -0.25) is 4.57 Å². The molecule has 0 fully saturated rings. The first kappa shape index (κ1) is 22.7. The topological polar surface area (TPSA) is 74.6 Å². The molecule has 174 valence electrons. The number of aromatic nitrogens is 2. The molecule has 1 aliphatic heterocycles. The molecular formula is C26H31N3O4. The predicted molar refractivity (Wildman–Crippen MR) is 129 cm³/mol. The molecular weight excluding hydrogens is 418 g/mol. The van der Waals surface area contributed by atoms with Crippen molar-refractivity contribution >= 4 is 23.0 Å². The van der Waals surface area contributed by atoms with Gasteiger partial charge in [0.2, 0.25) is 5.95 Å². The van der Waals surface area contributed by atoms with Crippen LogP contribution in [0.1, 0.15) is 52.6 Å². The number of rotatable bonds is 8. The second-order valence-corrected chi connectivity index (χ2v) is 8.30. The lowest BCUT2D eigenvalue weighted by Crippen LogP contribution is -2.30. The molecule has 0 radical (unpaired) electrons. The number of carbonyl (C=O) groups is 1. The van der Waals surface area contributed by atoms with Gasteiger partial charge in [0, 0.05) is 5.70 Å². The largest absolute Gasteiger partial charge is 0.490 e. The number of ether oxygens (including phenoxy) is 3. The molecule has 3 aromatic rings. The van der Waals surface area contributed by atoms with Crippen molar-refractivity contribution < 1.29 is 19.0 Å². The highest BCUT2D eigenvalue weighted by Gasteiger charge is 2.35. The Morgan fingerprint density at radius 3 is 2.64 bits per heavy atom. The molecule has 1 aliphatic rings. The van der Waals surface area contributed by atoms with Crippen LogP contribution in [-0.4, -0.2) is 34.8 Å². The van der Waals surface area contributed by atoms with Crippen LogP contribution in [0.2, 0.25) is 0 Å². The third kappa shape index (κ3) is 4.40. The molecule has 1 atom stereocenters. The van der Waals surface area contributed by atoms with Crippen LogP contribution < -0.4 is 14.8 Å². The van der Waals surface area contributed by atoms with E-state index < -0.39 is 6.04 Å². The summed E-state index contributed by atoms with van der Waals surface area (Å²) in [6.45, 7) is 10.7. The third-order valence-electron chi connectivity index (χ3n) is 5.44. The lowest BCUT2D eigenvalue weighted by molar-refractivity contribution is -0.143. The van der Waals surface area contributed by atoms with Crippen LogP contribution in [0.4, 0.5) is 5.95 Å². The number of allylic oxidation sites excluding steroid dienone is 1. The molecule has 0 saturated carbocycles. The molecule has 0 saturated heterocycles. The maximum absolute atomic E-state index is 13.3. The summed E-state index contributed by atoms with van der Waals surface area (Å²) in [7, 11) is 0. The van der Waals surface area contributed by atoms with Crippen LogP contribution in [0.25, 0.3) is 11.0 Å². The molecule has 0 unspecified atom stereocenters. The number of imidazole rings is 1. The molecule has 4 rings (SSSR count). The minimum atomic E-state index is -0.431. The van der Waals surface area contributed by atoms with Gasteiger partial charge in [0.05, 0.1) is 42.0 Å². The fourth-order valence-corrected chi connectivity index (χ4v) is 4.12. The molecule has 1 aromatic heterocycles. The predicted octanol–water partition coefficient (Wildman–Crippen LogP) is 5.46. The van der Waals surface area contributed by atoms with Gasteiger partial charge in [0.25, 0.3) is 0 Å². The maximum Gasteiger partial charge on any atom is 0.338 e. The van der Waals surface area contributed by atoms with Crippen LogP contribution in [0.15, 0.2) is 53.7 Å². The summed E-state index contributed by atoms with van der Waals surface area (Å²) in [5, 5.41) is 3.31. The SMILES string of the molecule is CCCOc1ccc([C@H]2C(C(=O)OC(C)C)=C(C)Nc3nc4ccccc4n32)cc1OCC. The summed E-state index contributed by atoms with van der Waals surface area (Å²) < 4.78 is 19.5. The third-order valence-corrected chi connectivity index (χ3v) is 5.44. The second-order valence-electron chi connectivity index (χ2n) is 8.30. The zero-order valence-electron chi connectivity index (χ0n) is 19.8. The first-order chi connectivity index (χ1) is 15.9. The minimum absolute atomic E-state index is 0.233. The minimum Gasteiger partial charge on any atom is -0.490 e. The lowest BCUT2D eigenvalue weighted by Gasteiger charge is -2.31. The fraction of sp³-hybridized carbons (Fsp3) is 0.385. The number of fused-ring (bicyclic) bond motifs is 3. The molecule has 0 aliphatic carbocycles. The van der Waals surface area contributed by atoms with E-state index in [1.54, 1.807) is 0 Å². The first-order valence-corrected chi connectivity index (χ1v) is 11.5. The first-order valence-electron chi connectivity index (χ1n) is 11.5. The fourth-order valence-electron chi connectivity index (χ4n) is 4.12. The van der Waals surface area contributed by atoms with Crippen LogP contribution in [-0.2, 0) is 9.53 Å². The van der Waals surface area contributed by atoms with E-state index in [1.807, 2.05) is 70.2 Å². The zero-order valence-corrected chi connectivity index (χ0v) is 19.8. The average Bonchev–Trinajstić information content (AvgIpc) is 3.14. The Morgan fingerprint density at radius 1 is 1.12 bits per heavy atom. The van der Waals surface area contributed by atoms with Crippen molar-refractivity contribution in [2.24, 2.45) is 0 Å². The van der Waals surface area contributed by atoms with Gasteiger partial charge >= 0.3 is 5.97 Å². The number of nitrogens with zero attached hydrogens (tertiary/aromatic N) is 2. The number of hydrogen-bond acceptors (Lipinski definition) is 6. The van der Waals surface area contributed by atoms with E-state index >= 15 is 0 Å². The van der Waals surface area contributed by atoms with E-state index in [2.05, 4.69) is 16.8 Å². The van der Waals surface area contributed by atoms with E-state index in [-0.39, 0.29) is 12.1 Å². The molecule has 0 amide bonds. The molecule has 33 heavy (non-hydrogen) atoms. The zero-order chi connectivity index (χ0) is 23.5. The molecule has 2 heterocycles. The number of anilines is 1. The summed E-state index contributed by atoms with van der Waals surface area (Å²) >= 11 is 0. The Hall–Kier alpha value is -3.48. The highest BCUT2D eigenvalue weighted by atomic mass is 16.5. The Balaban J connectivity index is 1.90. The molecule has 0 spiro atoms. The summed E-state index contributed by atoms with van der Waals surface area (Å²) in [5.41, 5.74) is 3.94. The van der Waals surface area contributed by atoms with E-state index in [9.17, 15) is 4.79 Å². The van der Waals surface area contributed by atoms with E-state index in [1.165, 1.54) is 0 Å². The van der Waals surface area contributed by atoms with E-state index in [0.29, 0.717) is 36.2 Å². The van der Waals surface area contributed by atoms with Gasteiger partial charge < -0.3 is 19.5 Å². The number of carbonyl (C=O) groups excluding carboxylic acids is 1. The molecule has 7 nitrogen and oxygen atoms in total. The van der Waals surface area contributed by atoms with Crippen molar-refractivity contribution in [2.45, 2.75) is 53.2 Å². The van der Waals surface area contributed by atoms with Crippen molar-refractivity contribution in [1.29, 1.82) is 0 Å². The van der Waals surface area contributed by atoms with Crippen molar-refractivity contribution in [3.05, 3.63) is 59.3 Å². The van der Waals surface area contributed by atoms with Gasteiger partial charge in [-0.25, -0.2) is 9.78 Å². The summed E-state index contributed by atoms with van der Waals surface area (Å²) in [6, 6.07) is 13.3. The number of para-hydroxylation sites is 2. The molecule has 1 N–H and O–H groups in total. The highest BCUT2D eigenvalue weighted by Crippen LogP contribution is 2.42. The summed E-state index contributed by atoms with van der Waals surface area (Å²) in [5.74, 6) is 1.68. The van der Waals surface area contributed by atoms with Crippen molar-refractivity contribution in [2.75, 3.05) is 18.5 Å². The molecule has 2 aromatic carbocycles. The van der Waals surface area contributed by atoms with E-state index in [4.69, 9.17) is 19.2 Å². The second kappa shape index (κ2) is 9.57. The Bertz CT molecular complexity index is 1200. The number of benzene rings is 2. The van der Waals surface area contributed by atoms with Gasteiger partial charge in [0.1, 0.15) is 0 Å². The van der Waals surface area contributed by atoms with Crippen LogP contribution in [0, 0.1) is 0 Å². The Kier molecular flexibility index (Phi) is 6.58. The van der Waals surface area contributed by atoms with Crippen LogP contribution in [0.5, 0.6) is 11.5 Å². The number of hydrogen-bond donors (Lipinski definition) is 1. The Labute approximate surface area is 194 Å². The highest BCUT2D eigenvalue weighted by molar-refractivity contribution is 5.94. The lowest BCUT2D eigenvalue weighted by atomic mass is 9.94. The smallest absolute Gasteiger partial charge is 0.338 e. The van der Waals surface area contributed by atoms with Crippen molar-refractivity contribution in [1.82, 2.24) is 9.55 Å². The molecule has 0 bridgehead atoms. The van der Waals surface area contributed by atoms with Crippen molar-refractivity contribution in [3.8, 4) is 11.5 Å². The standard InChI is InChI=1S/C26H31N3O4/c1-6-14-32-21-13-12-18(15-22(21)31-7-2)24-23(25(30)33-16(3)4)17(5)27-26-28-19-10-8-9-11-20(19)29(24)26/h8-13,15-16,24H,6-7,14H2,1-5H3,(H,27,28)/t24-/m0/s1. The Morgan fingerprint density at radius 2 is 1.91 bits per heavy atom. The normalized spacial score (nSPS) is 15.4. The number of esters is 1. The molecule has 7 heteroatoms. The quantitative estimate of drug-likeness (QED) is 0.460. The van der Waals surface area contributed by atoms with Gasteiger partial charge in [-0.15, -0.1) is 0 Å². The summed E-state index contributed by atoms with van der Waals surface area (Å²) in [6.07, 6.45) is 0.669. The maximum atomic E-state index is 13.3. The summed E-state index contributed by atoms with van der Waals surface area (Å²) in [4.78, 5) is 18.0. The van der Waals surface area contributed by atoms with Gasteiger partial charge in [-0.2, -0.15) is 0 Å². The monoisotopic (exact) mass is 449 g/mol.